The van der Waals surface area contributed by atoms with Gasteiger partial charge in [-0.2, -0.15) is 0 Å². The Morgan fingerprint density at radius 3 is 2.83 bits per heavy atom. The Kier molecular flexibility index (Phi) is 5.38. The SMILES string of the molecule is COc1ccccc1CCNC(=S)NCc1ccc2c(c1)OCO2. The lowest BCUT2D eigenvalue weighted by atomic mass is 10.1. The van der Waals surface area contributed by atoms with E-state index in [0.29, 0.717) is 11.7 Å². The third kappa shape index (κ3) is 4.08. The minimum Gasteiger partial charge on any atom is -0.496 e. The number of methoxy groups -OCH3 is 1. The summed E-state index contributed by atoms with van der Waals surface area (Å²) in [7, 11) is 1.68. The Morgan fingerprint density at radius 2 is 1.96 bits per heavy atom. The van der Waals surface area contributed by atoms with E-state index in [1.165, 1.54) is 0 Å². The van der Waals surface area contributed by atoms with Crippen LogP contribution in [0.3, 0.4) is 0 Å². The van der Waals surface area contributed by atoms with E-state index >= 15 is 0 Å². The molecule has 2 N–H and O–H groups in total. The van der Waals surface area contributed by atoms with E-state index < -0.39 is 0 Å². The Hall–Kier alpha value is -2.47. The molecule has 0 aromatic heterocycles. The van der Waals surface area contributed by atoms with Gasteiger partial charge in [-0.3, -0.25) is 0 Å². The summed E-state index contributed by atoms with van der Waals surface area (Å²) in [6.07, 6.45) is 0.843. The number of nitrogens with one attached hydrogen (secondary N) is 2. The van der Waals surface area contributed by atoms with Crippen LogP contribution in [0.5, 0.6) is 17.2 Å². The Morgan fingerprint density at radius 1 is 1.12 bits per heavy atom. The first-order chi connectivity index (χ1) is 11.8. The van der Waals surface area contributed by atoms with Crippen LogP contribution in [0.2, 0.25) is 0 Å². The molecule has 126 valence electrons. The third-order valence-electron chi connectivity index (χ3n) is 3.76. The Bertz CT molecular complexity index is 721. The van der Waals surface area contributed by atoms with Crippen LogP contribution in [0.25, 0.3) is 0 Å². The van der Waals surface area contributed by atoms with E-state index in [1.54, 1.807) is 7.11 Å². The monoisotopic (exact) mass is 344 g/mol. The maximum atomic E-state index is 5.37. The quantitative estimate of drug-likeness (QED) is 0.786. The molecule has 2 aromatic carbocycles. The van der Waals surface area contributed by atoms with Gasteiger partial charge in [-0.25, -0.2) is 0 Å². The maximum Gasteiger partial charge on any atom is 0.231 e. The second-order valence-corrected chi connectivity index (χ2v) is 5.77. The first-order valence-corrected chi connectivity index (χ1v) is 8.19. The van der Waals surface area contributed by atoms with Gasteiger partial charge in [0, 0.05) is 13.1 Å². The normalized spacial score (nSPS) is 11.9. The number of fused-ring (bicyclic) bond motifs is 1. The van der Waals surface area contributed by atoms with Crippen LogP contribution < -0.4 is 24.8 Å². The molecular formula is C18H20N2O3S. The van der Waals surface area contributed by atoms with Gasteiger partial charge in [-0.05, 0) is 48.0 Å². The van der Waals surface area contributed by atoms with Crippen molar-refractivity contribution in [3.8, 4) is 17.2 Å². The summed E-state index contributed by atoms with van der Waals surface area (Å²) in [6.45, 7) is 1.67. The Balaban J connectivity index is 1.43. The van der Waals surface area contributed by atoms with Gasteiger partial charge < -0.3 is 24.8 Å². The van der Waals surface area contributed by atoms with Crippen LogP contribution in [-0.4, -0.2) is 25.6 Å². The topological polar surface area (TPSA) is 51.8 Å². The van der Waals surface area contributed by atoms with E-state index in [9.17, 15) is 0 Å². The second-order valence-electron chi connectivity index (χ2n) is 5.36. The van der Waals surface area contributed by atoms with Crippen molar-refractivity contribution in [3.63, 3.8) is 0 Å². The molecule has 2 aromatic rings. The molecule has 24 heavy (non-hydrogen) atoms. The van der Waals surface area contributed by atoms with Crippen molar-refractivity contribution in [3.05, 3.63) is 53.6 Å². The first-order valence-electron chi connectivity index (χ1n) is 7.78. The van der Waals surface area contributed by atoms with E-state index in [4.69, 9.17) is 26.4 Å². The summed E-state index contributed by atoms with van der Waals surface area (Å²) in [5, 5.41) is 7.04. The molecular weight excluding hydrogens is 324 g/mol. The summed E-state index contributed by atoms with van der Waals surface area (Å²) < 4.78 is 16.0. The summed E-state index contributed by atoms with van der Waals surface area (Å²) in [4.78, 5) is 0. The minimum absolute atomic E-state index is 0.287. The highest BCUT2D eigenvalue weighted by Crippen LogP contribution is 2.32. The molecule has 0 fully saturated rings. The molecule has 1 aliphatic rings. The van der Waals surface area contributed by atoms with Gasteiger partial charge in [0.15, 0.2) is 16.6 Å². The van der Waals surface area contributed by atoms with Gasteiger partial charge in [0.05, 0.1) is 7.11 Å². The average molecular weight is 344 g/mol. The van der Waals surface area contributed by atoms with E-state index in [0.717, 1.165) is 41.3 Å². The fraction of sp³-hybridized carbons (Fsp3) is 0.278. The summed E-state index contributed by atoms with van der Waals surface area (Å²) in [5.74, 6) is 2.47. The van der Waals surface area contributed by atoms with Crippen LogP contribution in [-0.2, 0) is 13.0 Å². The molecule has 0 saturated carbocycles. The van der Waals surface area contributed by atoms with Gasteiger partial charge in [0.1, 0.15) is 5.75 Å². The van der Waals surface area contributed by atoms with Crippen LogP contribution in [0.4, 0.5) is 0 Å². The van der Waals surface area contributed by atoms with Gasteiger partial charge in [0.25, 0.3) is 0 Å². The second kappa shape index (κ2) is 7.88. The predicted octanol–water partition coefficient (Wildman–Crippen LogP) is 2.63. The lowest BCUT2D eigenvalue weighted by molar-refractivity contribution is 0.174. The van der Waals surface area contributed by atoms with Gasteiger partial charge >= 0.3 is 0 Å². The highest BCUT2D eigenvalue weighted by Gasteiger charge is 2.13. The summed E-state index contributed by atoms with van der Waals surface area (Å²) in [5.41, 5.74) is 2.25. The highest BCUT2D eigenvalue weighted by molar-refractivity contribution is 7.80. The van der Waals surface area contributed by atoms with Crippen LogP contribution in [0.15, 0.2) is 42.5 Å². The number of para-hydroxylation sites is 1. The number of hydrogen-bond acceptors (Lipinski definition) is 4. The summed E-state index contributed by atoms with van der Waals surface area (Å²) in [6, 6.07) is 13.9. The first kappa shape index (κ1) is 16.4. The lowest BCUT2D eigenvalue weighted by Crippen LogP contribution is -2.35. The Labute approximate surface area is 146 Å². The highest BCUT2D eigenvalue weighted by atomic mass is 32.1. The van der Waals surface area contributed by atoms with E-state index in [1.807, 2.05) is 36.4 Å². The molecule has 0 radical (unpaired) electrons. The standard InChI is InChI=1S/C18H20N2O3S/c1-21-15-5-3-2-4-14(15)8-9-19-18(24)20-11-13-6-7-16-17(10-13)23-12-22-16/h2-7,10H,8-9,11-12H2,1H3,(H2,19,20,24). The minimum atomic E-state index is 0.287. The van der Waals surface area contributed by atoms with Crippen LogP contribution in [0.1, 0.15) is 11.1 Å². The molecule has 1 heterocycles. The fourth-order valence-corrected chi connectivity index (χ4v) is 2.69. The number of benzene rings is 2. The molecule has 5 nitrogen and oxygen atoms in total. The molecule has 3 rings (SSSR count). The number of thiocarbonyl (C=S) groups is 1. The van der Waals surface area contributed by atoms with Crippen molar-refractivity contribution in [2.45, 2.75) is 13.0 Å². The molecule has 0 atom stereocenters. The van der Waals surface area contributed by atoms with Crippen molar-refractivity contribution in [2.75, 3.05) is 20.4 Å². The molecule has 0 bridgehead atoms. The predicted molar refractivity (Wildman–Crippen MR) is 96.7 cm³/mol. The summed E-state index contributed by atoms with van der Waals surface area (Å²) >= 11 is 5.32. The van der Waals surface area contributed by atoms with Gasteiger partial charge in [0.2, 0.25) is 6.79 Å². The van der Waals surface area contributed by atoms with Gasteiger partial charge in [-0.15, -0.1) is 0 Å². The van der Waals surface area contributed by atoms with Crippen molar-refractivity contribution >= 4 is 17.3 Å². The smallest absolute Gasteiger partial charge is 0.231 e. The van der Waals surface area contributed by atoms with Crippen LogP contribution >= 0.6 is 12.2 Å². The average Bonchev–Trinajstić information content (AvgIpc) is 3.08. The molecule has 0 aliphatic carbocycles. The largest absolute Gasteiger partial charge is 0.496 e. The van der Waals surface area contributed by atoms with Gasteiger partial charge in [-0.1, -0.05) is 24.3 Å². The van der Waals surface area contributed by atoms with Crippen molar-refractivity contribution in [1.82, 2.24) is 10.6 Å². The van der Waals surface area contributed by atoms with Crippen LogP contribution in [0, 0.1) is 0 Å². The molecule has 0 amide bonds. The third-order valence-corrected chi connectivity index (χ3v) is 4.05. The van der Waals surface area contributed by atoms with Crippen molar-refractivity contribution < 1.29 is 14.2 Å². The van der Waals surface area contributed by atoms with Crippen molar-refractivity contribution in [1.29, 1.82) is 0 Å². The number of hydrogen-bond donors (Lipinski definition) is 2. The fourth-order valence-electron chi connectivity index (χ4n) is 2.52. The molecule has 0 unspecified atom stereocenters. The molecule has 1 aliphatic heterocycles. The molecule has 6 heteroatoms. The lowest BCUT2D eigenvalue weighted by Gasteiger charge is -2.12. The molecule has 0 spiro atoms. The molecule has 0 saturated heterocycles. The number of ether oxygens (including phenoxy) is 3. The van der Waals surface area contributed by atoms with E-state index in [-0.39, 0.29) is 6.79 Å². The number of rotatable bonds is 6. The van der Waals surface area contributed by atoms with Crippen molar-refractivity contribution in [2.24, 2.45) is 0 Å². The maximum absolute atomic E-state index is 5.37. The zero-order chi connectivity index (χ0) is 16.8. The zero-order valence-corrected chi connectivity index (χ0v) is 14.3. The zero-order valence-electron chi connectivity index (χ0n) is 13.5. The van der Waals surface area contributed by atoms with E-state index in [2.05, 4.69) is 16.7 Å².